The van der Waals surface area contributed by atoms with Gasteiger partial charge in [0.1, 0.15) is 6.61 Å². The molecule has 0 saturated carbocycles. The number of methoxy groups -OCH3 is 2. The van der Waals surface area contributed by atoms with Gasteiger partial charge in [-0.15, -0.1) is 6.42 Å². The highest BCUT2D eigenvalue weighted by Crippen LogP contribution is 2.48. The van der Waals surface area contributed by atoms with Crippen LogP contribution in [0.3, 0.4) is 0 Å². The van der Waals surface area contributed by atoms with Gasteiger partial charge in [0.15, 0.2) is 17.3 Å². The highest BCUT2D eigenvalue weighted by molar-refractivity contribution is 6.20. The lowest BCUT2D eigenvalue weighted by molar-refractivity contribution is 0.102. The molecule has 0 aliphatic heterocycles. The van der Waals surface area contributed by atoms with Gasteiger partial charge in [-0.2, -0.15) is 0 Å². The minimum Gasteiger partial charge on any atom is -0.487 e. The summed E-state index contributed by atoms with van der Waals surface area (Å²) in [7, 11) is 3.31. The second-order valence-corrected chi connectivity index (χ2v) is 9.55. The van der Waals surface area contributed by atoms with Gasteiger partial charge in [-0.25, -0.2) is 0 Å². The Morgan fingerprint density at radius 2 is 1.77 bits per heavy atom. The summed E-state index contributed by atoms with van der Waals surface area (Å²) < 4.78 is 24.8. The number of carbonyl (C=O) groups is 1. The van der Waals surface area contributed by atoms with Crippen molar-refractivity contribution >= 4 is 16.7 Å². The smallest absolute Gasteiger partial charge is 0.195 e. The number of rotatable bonds is 9. The predicted molar refractivity (Wildman–Crippen MR) is 137 cm³/mol. The SMILES string of the molecule is C#Cc1ccc2c3c(n(CCOC)c2c1)C(C)(C)c1cc(OCCOC)c(OC(C)C)cc1C3=O. The van der Waals surface area contributed by atoms with E-state index in [1.54, 1.807) is 14.2 Å². The second kappa shape index (κ2) is 9.77. The van der Waals surface area contributed by atoms with Crippen LogP contribution in [0.2, 0.25) is 0 Å². The number of ether oxygens (including phenoxy) is 4. The quantitative estimate of drug-likeness (QED) is 0.324. The largest absolute Gasteiger partial charge is 0.487 e. The maximum Gasteiger partial charge on any atom is 0.195 e. The third kappa shape index (κ3) is 4.31. The number of benzene rings is 2. The molecule has 0 N–H and O–H groups in total. The van der Waals surface area contributed by atoms with Crippen molar-refractivity contribution in [3.8, 4) is 23.8 Å². The van der Waals surface area contributed by atoms with E-state index in [0.717, 1.165) is 27.7 Å². The number of terminal acetylenes is 1. The van der Waals surface area contributed by atoms with Crippen LogP contribution < -0.4 is 9.47 Å². The van der Waals surface area contributed by atoms with E-state index in [4.69, 9.17) is 25.4 Å². The summed E-state index contributed by atoms with van der Waals surface area (Å²) >= 11 is 0. The Kier molecular flexibility index (Phi) is 6.93. The van der Waals surface area contributed by atoms with Crippen molar-refractivity contribution in [1.29, 1.82) is 0 Å². The molecule has 184 valence electrons. The third-order valence-corrected chi connectivity index (χ3v) is 6.48. The first-order valence-electron chi connectivity index (χ1n) is 11.9. The number of ketones is 1. The molecule has 0 bridgehead atoms. The molecule has 1 aromatic heterocycles. The van der Waals surface area contributed by atoms with E-state index in [2.05, 4.69) is 24.3 Å². The molecule has 0 unspecified atom stereocenters. The summed E-state index contributed by atoms with van der Waals surface area (Å²) in [5.41, 5.74) is 4.41. The first-order chi connectivity index (χ1) is 16.7. The minimum atomic E-state index is -0.489. The molecular formula is C29H33NO5. The molecule has 35 heavy (non-hydrogen) atoms. The van der Waals surface area contributed by atoms with Crippen molar-refractivity contribution in [2.75, 3.05) is 34.0 Å². The molecule has 6 nitrogen and oxygen atoms in total. The summed E-state index contributed by atoms with van der Waals surface area (Å²) in [6, 6.07) is 9.61. The minimum absolute atomic E-state index is 0.0269. The maximum atomic E-state index is 14.1. The Bertz CT molecular complexity index is 1310. The lowest BCUT2D eigenvalue weighted by Crippen LogP contribution is -2.33. The van der Waals surface area contributed by atoms with E-state index in [1.165, 1.54) is 0 Å². The summed E-state index contributed by atoms with van der Waals surface area (Å²) in [5.74, 6) is 3.85. The van der Waals surface area contributed by atoms with Crippen LogP contribution in [0.25, 0.3) is 10.9 Å². The van der Waals surface area contributed by atoms with Crippen molar-refractivity contribution in [3.05, 3.63) is 58.3 Å². The van der Waals surface area contributed by atoms with Crippen LogP contribution in [0.5, 0.6) is 11.5 Å². The van der Waals surface area contributed by atoms with Crippen LogP contribution in [0.1, 0.15) is 60.4 Å². The average Bonchev–Trinajstić information content (AvgIpc) is 3.16. The molecule has 0 saturated heterocycles. The molecule has 4 rings (SSSR count). The van der Waals surface area contributed by atoms with E-state index in [-0.39, 0.29) is 11.9 Å². The number of hydrogen-bond acceptors (Lipinski definition) is 5. The zero-order chi connectivity index (χ0) is 25.3. The van der Waals surface area contributed by atoms with E-state index >= 15 is 0 Å². The van der Waals surface area contributed by atoms with Crippen LogP contribution in [0.15, 0.2) is 30.3 Å². The highest BCUT2D eigenvalue weighted by Gasteiger charge is 2.42. The van der Waals surface area contributed by atoms with Crippen molar-refractivity contribution in [2.24, 2.45) is 0 Å². The molecule has 2 aromatic carbocycles. The Labute approximate surface area is 207 Å². The normalized spacial score (nSPS) is 14.1. The zero-order valence-corrected chi connectivity index (χ0v) is 21.4. The molecule has 1 aliphatic carbocycles. The first-order valence-corrected chi connectivity index (χ1v) is 11.9. The van der Waals surface area contributed by atoms with Crippen LogP contribution in [0.4, 0.5) is 0 Å². The molecule has 6 heteroatoms. The van der Waals surface area contributed by atoms with Crippen molar-refractivity contribution in [3.63, 3.8) is 0 Å². The van der Waals surface area contributed by atoms with Gasteiger partial charge < -0.3 is 23.5 Å². The number of fused-ring (bicyclic) bond motifs is 4. The maximum absolute atomic E-state index is 14.1. The van der Waals surface area contributed by atoms with Gasteiger partial charge in [0, 0.05) is 48.4 Å². The summed E-state index contributed by atoms with van der Waals surface area (Å²) in [4.78, 5) is 14.1. The van der Waals surface area contributed by atoms with Crippen LogP contribution in [-0.4, -0.2) is 50.5 Å². The highest BCUT2D eigenvalue weighted by atomic mass is 16.5. The van der Waals surface area contributed by atoms with Gasteiger partial charge in [0.25, 0.3) is 0 Å². The summed E-state index contributed by atoms with van der Waals surface area (Å²) in [6.45, 7) is 10.1. The van der Waals surface area contributed by atoms with Gasteiger partial charge in [-0.1, -0.05) is 25.8 Å². The molecule has 1 aliphatic rings. The number of hydrogen-bond donors (Lipinski definition) is 0. The fraction of sp³-hybridized carbons (Fsp3) is 0.414. The molecule has 0 atom stereocenters. The van der Waals surface area contributed by atoms with E-state index in [1.807, 2.05) is 44.2 Å². The Hall–Kier alpha value is -3.27. The summed E-state index contributed by atoms with van der Waals surface area (Å²) in [5, 5.41) is 0.894. The molecule has 0 amide bonds. The molecular weight excluding hydrogens is 442 g/mol. The number of aromatic nitrogens is 1. The molecule has 1 heterocycles. The van der Waals surface area contributed by atoms with E-state index < -0.39 is 5.41 Å². The standard InChI is InChI=1S/C29H33NO5/c1-8-19-9-10-20-23(15-19)30(11-12-32-6)28-26(20)27(31)21-16-25(35-18(2)3)24(34-14-13-33-7)17-22(21)29(28,4)5/h1,9-10,15-18H,11-14H2,2-7H3. The van der Waals surface area contributed by atoms with E-state index in [9.17, 15) is 4.79 Å². The van der Waals surface area contributed by atoms with Crippen LogP contribution in [0, 0.1) is 12.3 Å². The van der Waals surface area contributed by atoms with Crippen LogP contribution in [-0.2, 0) is 21.4 Å². The van der Waals surface area contributed by atoms with Crippen molar-refractivity contribution < 1.29 is 23.7 Å². The topological polar surface area (TPSA) is 58.9 Å². The first kappa shape index (κ1) is 24.8. The van der Waals surface area contributed by atoms with Crippen molar-refractivity contribution in [2.45, 2.75) is 45.8 Å². The van der Waals surface area contributed by atoms with Crippen molar-refractivity contribution in [1.82, 2.24) is 4.57 Å². The molecule has 0 spiro atoms. The summed E-state index contributed by atoms with van der Waals surface area (Å²) in [6.07, 6.45) is 5.63. The molecule has 0 fully saturated rings. The fourth-order valence-corrected chi connectivity index (χ4v) is 4.95. The predicted octanol–water partition coefficient (Wildman–Crippen LogP) is 4.95. The van der Waals surface area contributed by atoms with Gasteiger partial charge in [0.05, 0.1) is 30.4 Å². The van der Waals surface area contributed by atoms with E-state index in [0.29, 0.717) is 49.0 Å². The average molecular weight is 476 g/mol. The fourth-order valence-electron chi connectivity index (χ4n) is 4.95. The van der Waals surface area contributed by atoms with Gasteiger partial charge in [0.2, 0.25) is 0 Å². The van der Waals surface area contributed by atoms with Gasteiger partial charge >= 0.3 is 0 Å². The monoisotopic (exact) mass is 475 g/mol. The Balaban J connectivity index is 1.97. The third-order valence-electron chi connectivity index (χ3n) is 6.48. The molecule has 0 radical (unpaired) electrons. The van der Waals surface area contributed by atoms with Gasteiger partial charge in [-0.3, -0.25) is 4.79 Å². The second-order valence-electron chi connectivity index (χ2n) is 9.55. The van der Waals surface area contributed by atoms with Gasteiger partial charge in [-0.05, 0) is 43.7 Å². The number of carbonyl (C=O) groups excluding carboxylic acids is 1. The lowest BCUT2D eigenvalue weighted by atomic mass is 9.71. The Morgan fingerprint density at radius 1 is 1.03 bits per heavy atom. The zero-order valence-electron chi connectivity index (χ0n) is 21.4. The molecule has 3 aromatic rings. The number of nitrogens with zero attached hydrogens (tertiary/aromatic N) is 1. The van der Waals surface area contributed by atoms with Crippen LogP contribution >= 0.6 is 0 Å². The Morgan fingerprint density at radius 3 is 2.43 bits per heavy atom. The lowest BCUT2D eigenvalue weighted by Gasteiger charge is -2.35.